The van der Waals surface area contributed by atoms with Gasteiger partial charge in [-0.15, -0.1) is 0 Å². The summed E-state index contributed by atoms with van der Waals surface area (Å²) in [6.45, 7) is 1.87. The van der Waals surface area contributed by atoms with E-state index in [2.05, 4.69) is 4.98 Å². The van der Waals surface area contributed by atoms with Crippen molar-refractivity contribution in [3.8, 4) is 0 Å². The molecule has 1 aliphatic carbocycles. The van der Waals surface area contributed by atoms with E-state index in [4.69, 9.17) is 0 Å². The number of benzene rings is 1. The van der Waals surface area contributed by atoms with E-state index in [9.17, 15) is 16.8 Å². The molecule has 1 aromatic heterocycles. The van der Waals surface area contributed by atoms with Gasteiger partial charge in [0.05, 0.1) is 10.1 Å². The van der Waals surface area contributed by atoms with E-state index in [0.717, 1.165) is 36.2 Å². The van der Waals surface area contributed by atoms with Gasteiger partial charge in [0.2, 0.25) is 24.0 Å². The molecule has 0 radical (unpaired) electrons. The fourth-order valence-electron chi connectivity index (χ4n) is 3.21. The Balaban J connectivity index is 0.00000280. The number of anilines is 1. The van der Waals surface area contributed by atoms with Gasteiger partial charge in [-0.2, -0.15) is 0 Å². The van der Waals surface area contributed by atoms with E-state index < -0.39 is 24.9 Å². The first kappa shape index (κ1) is 22.8. The first-order valence-electron chi connectivity index (χ1n) is 8.88. The highest BCUT2D eigenvalue weighted by molar-refractivity contribution is 7.94. The van der Waals surface area contributed by atoms with Crippen molar-refractivity contribution in [3.05, 3.63) is 29.8 Å². The van der Waals surface area contributed by atoms with Crippen LogP contribution in [0.25, 0.3) is 0 Å². The highest BCUT2D eigenvalue weighted by Crippen LogP contribution is 2.39. The summed E-state index contributed by atoms with van der Waals surface area (Å²) in [5, 5.41) is -0.317. The summed E-state index contributed by atoms with van der Waals surface area (Å²) in [6.07, 6.45) is 4.02. The van der Waals surface area contributed by atoms with Crippen LogP contribution in [0.2, 0.25) is 0 Å². The summed E-state index contributed by atoms with van der Waals surface area (Å²) in [5.74, 6) is 0. The van der Waals surface area contributed by atoms with Gasteiger partial charge in [0.1, 0.15) is 5.00 Å². The van der Waals surface area contributed by atoms with E-state index >= 15 is 0 Å². The lowest BCUT2D eigenvalue weighted by molar-refractivity contribution is 0.483. The van der Waals surface area contributed by atoms with Crippen LogP contribution in [0, 0.1) is 6.92 Å². The van der Waals surface area contributed by atoms with Gasteiger partial charge < -0.3 is 4.90 Å². The number of aryl methyl sites for hydroxylation is 1. The van der Waals surface area contributed by atoms with Gasteiger partial charge in [-0.25, -0.2) is 21.8 Å². The van der Waals surface area contributed by atoms with Crippen LogP contribution in [0.5, 0.6) is 0 Å². The van der Waals surface area contributed by atoms with Crippen LogP contribution in [-0.2, 0) is 19.7 Å². The third-order valence-corrected chi connectivity index (χ3v) is 10.5. The summed E-state index contributed by atoms with van der Waals surface area (Å²) in [6, 6.07) is 6.49. The molecule has 0 atom stereocenters. The molecule has 28 heavy (non-hydrogen) atoms. The average molecular weight is 445 g/mol. The Bertz CT molecular complexity index is 1020. The molecule has 0 spiro atoms. The zero-order valence-electron chi connectivity index (χ0n) is 15.7. The van der Waals surface area contributed by atoms with Crippen LogP contribution in [0.1, 0.15) is 45.1 Å². The second-order valence-corrected chi connectivity index (χ2v) is 12.4. The quantitative estimate of drug-likeness (QED) is 0.690. The Kier molecular flexibility index (Phi) is 6.94. The summed E-state index contributed by atoms with van der Waals surface area (Å²) < 4.78 is 52.2. The molecule has 0 saturated heterocycles. The molecule has 156 valence electrons. The first-order valence-corrected chi connectivity index (χ1v) is 12.7. The van der Waals surface area contributed by atoms with Crippen LogP contribution in [0.3, 0.4) is 0 Å². The third kappa shape index (κ3) is 4.26. The molecule has 1 fully saturated rings. The van der Waals surface area contributed by atoms with Gasteiger partial charge in [0, 0.05) is 14.1 Å². The zero-order valence-corrected chi connectivity index (χ0v) is 18.1. The SMILES string of the molecule is C.Cc1ccc(S(=O)(=O)c2nc(S(=O)(=O)C3CCCCC3)sc2N(C)C)cc1. The van der Waals surface area contributed by atoms with Gasteiger partial charge in [-0.1, -0.05) is 55.7 Å². The van der Waals surface area contributed by atoms with E-state index in [1.165, 1.54) is 12.1 Å². The molecular weight excluding hydrogens is 416 g/mol. The largest absolute Gasteiger partial charge is 0.367 e. The number of aromatic nitrogens is 1. The van der Waals surface area contributed by atoms with Crippen molar-refractivity contribution in [1.82, 2.24) is 4.98 Å². The Hall–Kier alpha value is -1.45. The minimum atomic E-state index is -3.91. The number of rotatable bonds is 5. The topological polar surface area (TPSA) is 84.4 Å². The molecule has 3 rings (SSSR count). The molecule has 1 saturated carbocycles. The van der Waals surface area contributed by atoms with E-state index in [-0.39, 0.29) is 21.7 Å². The molecule has 0 bridgehead atoms. The van der Waals surface area contributed by atoms with Crippen molar-refractivity contribution in [3.63, 3.8) is 0 Å². The van der Waals surface area contributed by atoms with Crippen molar-refractivity contribution >= 4 is 36.0 Å². The maximum absolute atomic E-state index is 13.1. The Labute approximate surface area is 172 Å². The smallest absolute Gasteiger partial charge is 0.226 e. The number of thiazole rings is 1. The monoisotopic (exact) mass is 444 g/mol. The van der Waals surface area contributed by atoms with Crippen molar-refractivity contribution < 1.29 is 16.8 Å². The average Bonchev–Trinajstić information content (AvgIpc) is 3.10. The summed E-state index contributed by atoms with van der Waals surface area (Å²) in [5.41, 5.74) is 0.945. The first-order chi connectivity index (χ1) is 12.6. The zero-order chi connectivity index (χ0) is 19.8. The number of hydrogen-bond acceptors (Lipinski definition) is 7. The van der Waals surface area contributed by atoms with Gasteiger partial charge in [-0.3, -0.25) is 0 Å². The molecular formula is C19H28N2O4S3. The standard InChI is InChI=1S/C18H24N2O4S3.CH4/c1-13-9-11-15(12-10-13)26(21,22)16-17(20(2)3)25-18(19-16)27(23,24)14-7-5-4-6-8-14;/h9-12,14H,4-8H2,1-3H3;1H4. The van der Waals surface area contributed by atoms with Crippen LogP contribution >= 0.6 is 11.3 Å². The van der Waals surface area contributed by atoms with Gasteiger partial charge in [0.15, 0.2) is 5.03 Å². The lowest BCUT2D eigenvalue weighted by atomic mass is 10.0. The summed E-state index contributed by atoms with van der Waals surface area (Å²) >= 11 is 0.941. The lowest BCUT2D eigenvalue weighted by Gasteiger charge is -2.20. The third-order valence-electron chi connectivity index (χ3n) is 4.79. The molecule has 6 nitrogen and oxygen atoms in total. The predicted molar refractivity (Wildman–Crippen MR) is 114 cm³/mol. The van der Waals surface area contributed by atoms with Crippen LogP contribution in [0.4, 0.5) is 5.00 Å². The normalized spacial score (nSPS) is 15.8. The molecule has 1 aliphatic rings. The maximum atomic E-state index is 13.1. The summed E-state index contributed by atoms with van der Waals surface area (Å²) in [7, 11) is -4.15. The Morgan fingerprint density at radius 1 is 1.00 bits per heavy atom. The Morgan fingerprint density at radius 3 is 2.11 bits per heavy atom. The number of nitrogens with zero attached hydrogens (tertiary/aromatic N) is 2. The predicted octanol–water partition coefficient (Wildman–Crippen LogP) is 4.09. The van der Waals surface area contributed by atoms with E-state index in [0.29, 0.717) is 17.8 Å². The number of hydrogen-bond donors (Lipinski definition) is 0. The summed E-state index contributed by atoms with van der Waals surface area (Å²) in [4.78, 5) is 5.87. The van der Waals surface area contributed by atoms with Crippen molar-refractivity contribution in [2.24, 2.45) is 0 Å². The molecule has 0 unspecified atom stereocenters. The fourth-order valence-corrected chi connectivity index (χ4v) is 8.30. The maximum Gasteiger partial charge on any atom is 0.226 e. The second-order valence-electron chi connectivity index (χ2n) is 7.11. The van der Waals surface area contributed by atoms with Crippen LogP contribution < -0.4 is 4.90 Å². The van der Waals surface area contributed by atoms with Gasteiger partial charge in [-0.05, 0) is 31.9 Å². The number of sulfone groups is 2. The van der Waals surface area contributed by atoms with Crippen molar-refractivity contribution in [2.75, 3.05) is 19.0 Å². The van der Waals surface area contributed by atoms with Crippen molar-refractivity contribution in [2.45, 2.75) is 66.0 Å². The van der Waals surface area contributed by atoms with E-state index in [1.54, 1.807) is 31.1 Å². The molecule has 1 heterocycles. The minimum absolute atomic E-state index is 0. The molecule has 2 aromatic rings. The lowest BCUT2D eigenvalue weighted by Crippen LogP contribution is -2.24. The second kappa shape index (κ2) is 8.51. The Morgan fingerprint density at radius 2 is 1.57 bits per heavy atom. The molecule has 0 amide bonds. The minimum Gasteiger partial charge on any atom is -0.367 e. The van der Waals surface area contributed by atoms with Crippen molar-refractivity contribution in [1.29, 1.82) is 0 Å². The van der Waals surface area contributed by atoms with E-state index in [1.807, 2.05) is 6.92 Å². The van der Waals surface area contributed by atoms with Gasteiger partial charge >= 0.3 is 0 Å². The van der Waals surface area contributed by atoms with Gasteiger partial charge in [0.25, 0.3) is 0 Å². The highest BCUT2D eigenvalue weighted by atomic mass is 32.2. The molecule has 9 heteroatoms. The van der Waals surface area contributed by atoms with Crippen LogP contribution in [-0.4, -0.2) is 41.2 Å². The highest BCUT2D eigenvalue weighted by Gasteiger charge is 2.36. The molecule has 0 aliphatic heterocycles. The van der Waals surface area contributed by atoms with Crippen LogP contribution in [0.15, 0.2) is 38.5 Å². The molecule has 0 N–H and O–H groups in total. The fraction of sp³-hybridized carbons (Fsp3) is 0.526. The molecule has 1 aromatic carbocycles.